The second-order valence-electron chi connectivity index (χ2n) is 7.86. The van der Waals surface area contributed by atoms with Gasteiger partial charge in [0, 0.05) is 37.2 Å². The van der Waals surface area contributed by atoms with Crippen LogP contribution in [0, 0.1) is 12.8 Å². The van der Waals surface area contributed by atoms with Crippen LogP contribution >= 0.6 is 0 Å². The Morgan fingerprint density at radius 2 is 1.96 bits per heavy atom. The molecule has 2 atom stereocenters. The summed E-state index contributed by atoms with van der Waals surface area (Å²) in [4.78, 5) is 15.3. The lowest BCUT2D eigenvalue weighted by Crippen LogP contribution is -2.39. The molecule has 4 rings (SSSR count). The molecule has 0 spiro atoms. The van der Waals surface area contributed by atoms with E-state index in [0.717, 1.165) is 49.4 Å². The molecular weight excluding hydrogens is 336 g/mol. The highest BCUT2D eigenvalue weighted by atomic mass is 16.5. The fourth-order valence-electron chi connectivity index (χ4n) is 4.17. The molecule has 2 fully saturated rings. The van der Waals surface area contributed by atoms with Crippen molar-refractivity contribution in [2.24, 2.45) is 5.92 Å². The van der Waals surface area contributed by atoms with Gasteiger partial charge in [0.15, 0.2) is 0 Å². The Hall–Kier alpha value is -2.33. The standard InChI is InChI=1S/C23H28N2O2/c1-16-5-3-7-18(11-16)23(26)25(20-9-10-20)15-19-13-24-14-22(19)17-6-4-8-21(12-17)27-2/h3-8,11-12,19-20,22,24H,9-10,13-15H2,1-2H3. The molecule has 1 aliphatic heterocycles. The smallest absolute Gasteiger partial charge is 0.254 e. The Kier molecular flexibility index (Phi) is 5.17. The van der Waals surface area contributed by atoms with Gasteiger partial charge in [-0.15, -0.1) is 0 Å². The number of carbonyl (C=O) groups is 1. The molecule has 27 heavy (non-hydrogen) atoms. The molecule has 4 nitrogen and oxygen atoms in total. The first-order valence-electron chi connectivity index (χ1n) is 9.88. The SMILES string of the molecule is COc1cccc(C2CNCC2CN(C(=O)c2cccc(C)c2)C2CC2)c1. The van der Waals surface area contributed by atoms with E-state index in [-0.39, 0.29) is 5.91 Å². The first-order chi connectivity index (χ1) is 13.2. The van der Waals surface area contributed by atoms with E-state index in [1.165, 1.54) is 5.56 Å². The van der Waals surface area contributed by atoms with Gasteiger partial charge >= 0.3 is 0 Å². The monoisotopic (exact) mass is 364 g/mol. The second-order valence-corrected chi connectivity index (χ2v) is 7.86. The second kappa shape index (κ2) is 7.73. The Labute approximate surface area is 161 Å². The van der Waals surface area contributed by atoms with Gasteiger partial charge in [0.1, 0.15) is 5.75 Å². The molecule has 1 N–H and O–H groups in total. The Balaban J connectivity index is 1.53. The summed E-state index contributed by atoms with van der Waals surface area (Å²) < 4.78 is 5.40. The number of amides is 1. The molecule has 1 saturated heterocycles. The van der Waals surface area contributed by atoms with Crippen molar-refractivity contribution in [1.29, 1.82) is 0 Å². The van der Waals surface area contributed by atoms with E-state index in [4.69, 9.17) is 4.74 Å². The van der Waals surface area contributed by atoms with Gasteiger partial charge in [-0.05, 0) is 55.5 Å². The van der Waals surface area contributed by atoms with Crippen molar-refractivity contribution < 1.29 is 9.53 Å². The van der Waals surface area contributed by atoms with Gasteiger partial charge in [0.05, 0.1) is 7.11 Å². The van der Waals surface area contributed by atoms with Crippen molar-refractivity contribution in [2.75, 3.05) is 26.7 Å². The summed E-state index contributed by atoms with van der Waals surface area (Å²) in [6.07, 6.45) is 2.25. The molecule has 0 radical (unpaired) electrons. The first-order valence-corrected chi connectivity index (χ1v) is 9.88. The van der Waals surface area contributed by atoms with Gasteiger partial charge in [0.25, 0.3) is 5.91 Å². The van der Waals surface area contributed by atoms with Crippen LogP contribution in [0.25, 0.3) is 0 Å². The van der Waals surface area contributed by atoms with Crippen molar-refractivity contribution in [1.82, 2.24) is 10.2 Å². The highest BCUT2D eigenvalue weighted by Gasteiger charge is 2.38. The Bertz CT molecular complexity index is 816. The van der Waals surface area contributed by atoms with Crippen LogP contribution in [-0.4, -0.2) is 43.6 Å². The van der Waals surface area contributed by atoms with Crippen molar-refractivity contribution in [2.45, 2.75) is 31.7 Å². The topological polar surface area (TPSA) is 41.6 Å². The predicted molar refractivity (Wildman–Crippen MR) is 107 cm³/mol. The van der Waals surface area contributed by atoms with Gasteiger partial charge in [0.2, 0.25) is 0 Å². The Morgan fingerprint density at radius 1 is 1.15 bits per heavy atom. The summed E-state index contributed by atoms with van der Waals surface area (Å²) in [7, 11) is 1.71. The highest BCUT2D eigenvalue weighted by molar-refractivity contribution is 5.94. The van der Waals surface area contributed by atoms with Crippen LogP contribution in [0.4, 0.5) is 0 Å². The van der Waals surface area contributed by atoms with Gasteiger partial charge in [-0.1, -0.05) is 29.8 Å². The van der Waals surface area contributed by atoms with E-state index < -0.39 is 0 Å². The fourth-order valence-corrected chi connectivity index (χ4v) is 4.17. The lowest BCUT2D eigenvalue weighted by molar-refractivity contribution is 0.0714. The third kappa shape index (κ3) is 4.01. The summed E-state index contributed by atoms with van der Waals surface area (Å²) in [5.41, 5.74) is 3.24. The number of methoxy groups -OCH3 is 1. The van der Waals surface area contributed by atoms with Crippen LogP contribution in [0.3, 0.4) is 0 Å². The number of hydrogen-bond acceptors (Lipinski definition) is 3. The number of carbonyl (C=O) groups excluding carboxylic acids is 1. The molecule has 4 heteroatoms. The number of hydrogen-bond donors (Lipinski definition) is 1. The van der Waals surface area contributed by atoms with Crippen molar-refractivity contribution >= 4 is 5.91 Å². The number of rotatable bonds is 6. The minimum Gasteiger partial charge on any atom is -0.497 e. The van der Waals surface area contributed by atoms with Gasteiger partial charge in [-0.2, -0.15) is 0 Å². The van der Waals surface area contributed by atoms with E-state index in [2.05, 4.69) is 28.4 Å². The zero-order chi connectivity index (χ0) is 18.8. The molecule has 1 aliphatic carbocycles. The number of benzene rings is 2. The van der Waals surface area contributed by atoms with Crippen LogP contribution in [0.15, 0.2) is 48.5 Å². The van der Waals surface area contributed by atoms with Crippen molar-refractivity contribution in [3.8, 4) is 5.75 Å². The normalized spacial score (nSPS) is 21.9. The summed E-state index contributed by atoms with van der Waals surface area (Å²) in [5, 5.41) is 3.53. The van der Waals surface area contributed by atoms with Gasteiger partial charge in [-0.25, -0.2) is 0 Å². The van der Waals surface area contributed by atoms with E-state index in [1.54, 1.807) is 7.11 Å². The maximum Gasteiger partial charge on any atom is 0.254 e. The minimum absolute atomic E-state index is 0.178. The van der Waals surface area contributed by atoms with E-state index in [9.17, 15) is 4.79 Å². The molecular formula is C23H28N2O2. The van der Waals surface area contributed by atoms with Crippen LogP contribution in [0.5, 0.6) is 5.75 Å². The van der Waals surface area contributed by atoms with Crippen molar-refractivity contribution in [3.05, 3.63) is 65.2 Å². The van der Waals surface area contributed by atoms with Crippen molar-refractivity contribution in [3.63, 3.8) is 0 Å². The number of aryl methyl sites for hydroxylation is 1. The van der Waals surface area contributed by atoms with Crippen LogP contribution in [0.1, 0.15) is 40.2 Å². The molecule has 142 valence electrons. The lowest BCUT2D eigenvalue weighted by atomic mass is 9.88. The van der Waals surface area contributed by atoms with E-state index in [1.807, 2.05) is 37.3 Å². The molecule has 1 saturated carbocycles. The third-order valence-electron chi connectivity index (χ3n) is 5.81. The molecule has 2 aromatic rings. The molecule has 1 amide bonds. The summed E-state index contributed by atoms with van der Waals surface area (Å²) in [6, 6.07) is 16.7. The van der Waals surface area contributed by atoms with Gasteiger partial charge in [-0.3, -0.25) is 4.79 Å². The third-order valence-corrected chi connectivity index (χ3v) is 5.81. The van der Waals surface area contributed by atoms with E-state index >= 15 is 0 Å². The average molecular weight is 364 g/mol. The molecule has 0 bridgehead atoms. The number of ether oxygens (including phenoxy) is 1. The van der Waals surface area contributed by atoms with E-state index in [0.29, 0.717) is 17.9 Å². The summed E-state index contributed by atoms with van der Waals surface area (Å²) in [5.74, 6) is 1.91. The minimum atomic E-state index is 0.178. The average Bonchev–Trinajstić information content (AvgIpc) is 3.43. The van der Waals surface area contributed by atoms with Crippen LogP contribution in [0.2, 0.25) is 0 Å². The first kappa shape index (κ1) is 18.1. The summed E-state index contributed by atoms with van der Waals surface area (Å²) >= 11 is 0. The lowest BCUT2D eigenvalue weighted by Gasteiger charge is -2.29. The molecule has 2 unspecified atom stereocenters. The maximum absolute atomic E-state index is 13.2. The number of nitrogens with zero attached hydrogens (tertiary/aromatic N) is 1. The maximum atomic E-state index is 13.2. The zero-order valence-corrected chi connectivity index (χ0v) is 16.2. The number of nitrogens with one attached hydrogen (secondary N) is 1. The Morgan fingerprint density at radius 3 is 2.70 bits per heavy atom. The zero-order valence-electron chi connectivity index (χ0n) is 16.2. The molecule has 1 heterocycles. The largest absolute Gasteiger partial charge is 0.497 e. The quantitative estimate of drug-likeness (QED) is 0.851. The highest BCUT2D eigenvalue weighted by Crippen LogP contribution is 2.35. The molecule has 2 aromatic carbocycles. The van der Waals surface area contributed by atoms with Crippen LogP contribution in [-0.2, 0) is 0 Å². The van der Waals surface area contributed by atoms with Crippen LogP contribution < -0.4 is 10.1 Å². The van der Waals surface area contributed by atoms with Gasteiger partial charge < -0.3 is 15.0 Å². The summed E-state index contributed by atoms with van der Waals surface area (Å²) in [6.45, 7) is 4.76. The molecule has 0 aromatic heterocycles. The predicted octanol–water partition coefficient (Wildman–Crippen LogP) is 3.61. The fraction of sp³-hybridized carbons (Fsp3) is 0.435. The molecule has 2 aliphatic rings.